The van der Waals surface area contributed by atoms with E-state index in [4.69, 9.17) is 4.74 Å². The third kappa shape index (κ3) is 3.60. The molecule has 20 heavy (non-hydrogen) atoms. The lowest BCUT2D eigenvalue weighted by Crippen LogP contribution is -2.45. The summed E-state index contributed by atoms with van der Waals surface area (Å²) in [6.45, 7) is 4.21. The molecule has 0 aliphatic heterocycles. The summed E-state index contributed by atoms with van der Waals surface area (Å²) >= 11 is 0. The van der Waals surface area contributed by atoms with E-state index in [1.54, 1.807) is 0 Å². The van der Waals surface area contributed by atoms with Crippen molar-refractivity contribution in [3.8, 4) is 0 Å². The second-order valence-electron chi connectivity index (χ2n) is 5.78. The molecule has 0 saturated heterocycles. The molecule has 3 unspecified atom stereocenters. The van der Waals surface area contributed by atoms with E-state index < -0.39 is 0 Å². The van der Waals surface area contributed by atoms with Crippen molar-refractivity contribution >= 4 is 5.97 Å². The van der Waals surface area contributed by atoms with Gasteiger partial charge in [-0.2, -0.15) is 0 Å². The van der Waals surface area contributed by atoms with Gasteiger partial charge in [-0.25, -0.2) is 0 Å². The molecule has 0 aromatic heterocycles. The zero-order chi connectivity index (χ0) is 14.5. The van der Waals surface area contributed by atoms with Gasteiger partial charge in [-0.1, -0.05) is 50.6 Å². The van der Waals surface area contributed by atoms with E-state index >= 15 is 0 Å². The van der Waals surface area contributed by atoms with E-state index in [-0.39, 0.29) is 24.0 Å². The minimum Gasteiger partial charge on any atom is -0.468 e. The summed E-state index contributed by atoms with van der Waals surface area (Å²) in [6, 6.07) is 10.5. The summed E-state index contributed by atoms with van der Waals surface area (Å²) in [5.41, 5.74) is 1.27. The maximum atomic E-state index is 12.0. The fraction of sp³-hybridized carbons (Fsp3) is 0.588. The Balaban J connectivity index is 2.15. The van der Waals surface area contributed by atoms with Crippen molar-refractivity contribution < 1.29 is 9.53 Å². The summed E-state index contributed by atoms with van der Waals surface area (Å²) in [7, 11) is 1.47. The Kier molecular flexibility index (Phi) is 5.18. The predicted molar refractivity (Wildman–Crippen MR) is 80.3 cm³/mol. The fourth-order valence-electron chi connectivity index (χ4n) is 2.62. The minimum atomic E-state index is -0.226. The number of esters is 1. The van der Waals surface area contributed by atoms with Crippen molar-refractivity contribution in [2.75, 3.05) is 7.11 Å². The molecule has 1 saturated carbocycles. The van der Waals surface area contributed by atoms with Crippen LogP contribution in [0.1, 0.15) is 44.7 Å². The van der Waals surface area contributed by atoms with Crippen molar-refractivity contribution in [3.05, 3.63) is 35.9 Å². The first kappa shape index (κ1) is 15.0. The lowest BCUT2D eigenvalue weighted by Gasteiger charge is -2.28. The summed E-state index contributed by atoms with van der Waals surface area (Å²) in [4.78, 5) is 12.0. The first-order chi connectivity index (χ1) is 9.67. The third-order valence-electron chi connectivity index (χ3n) is 4.28. The van der Waals surface area contributed by atoms with Crippen molar-refractivity contribution in [1.29, 1.82) is 0 Å². The maximum Gasteiger partial charge on any atom is 0.323 e. The minimum absolute atomic E-state index is 0.152. The van der Waals surface area contributed by atoms with Gasteiger partial charge in [0.05, 0.1) is 7.11 Å². The van der Waals surface area contributed by atoms with E-state index in [1.807, 2.05) is 6.07 Å². The number of methoxy groups -OCH3 is 1. The molecule has 1 aromatic carbocycles. The molecule has 1 aliphatic carbocycles. The van der Waals surface area contributed by atoms with Crippen LogP contribution in [0.25, 0.3) is 0 Å². The van der Waals surface area contributed by atoms with Crippen molar-refractivity contribution in [1.82, 2.24) is 5.32 Å². The molecule has 1 aliphatic rings. The van der Waals surface area contributed by atoms with Crippen molar-refractivity contribution in [2.24, 2.45) is 11.8 Å². The van der Waals surface area contributed by atoms with Gasteiger partial charge in [-0.05, 0) is 30.2 Å². The number of hydrogen-bond donors (Lipinski definition) is 1. The molecule has 0 radical (unpaired) electrons. The van der Waals surface area contributed by atoms with Crippen molar-refractivity contribution in [3.63, 3.8) is 0 Å². The lowest BCUT2D eigenvalue weighted by molar-refractivity contribution is -0.144. The number of rotatable bonds is 7. The number of carbonyl (C=O) groups is 1. The van der Waals surface area contributed by atoms with Crippen LogP contribution in [-0.2, 0) is 9.53 Å². The van der Waals surface area contributed by atoms with Crippen LogP contribution in [0.3, 0.4) is 0 Å². The Bertz CT molecular complexity index is 428. The van der Waals surface area contributed by atoms with Gasteiger partial charge >= 0.3 is 5.97 Å². The number of carbonyl (C=O) groups excluding carboxylic acids is 1. The average molecular weight is 275 g/mol. The van der Waals surface area contributed by atoms with Gasteiger partial charge in [-0.3, -0.25) is 10.1 Å². The Hall–Kier alpha value is -1.35. The second kappa shape index (κ2) is 6.89. The van der Waals surface area contributed by atoms with Crippen LogP contribution in [0.2, 0.25) is 0 Å². The number of ether oxygens (including phenoxy) is 1. The van der Waals surface area contributed by atoms with Crippen LogP contribution >= 0.6 is 0 Å². The van der Waals surface area contributed by atoms with Crippen molar-refractivity contribution in [2.45, 2.75) is 45.2 Å². The number of hydrogen-bond acceptors (Lipinski definition) is 3. The Morgan fingerprint density at radius 3 is 2.50 bits per heavy atom. The van der Waals surface area contributed by atoms with E-state index in [0.717, 1.165) is 6.42 Å². The van der Waals surface area contributed by atoms with Crippen LogP contribution in [0.15, 0.2) is 30.3 Å². The number of benzene rings is 1. The van der Waals surface area contributed by atoms with Gasteiger partial charge in [0.2, 0.25) is 0 Å². The highest BCUT2D eigenvalue weighted by molar-refractivity contribution is 5.76. The molecule has 0 amide bonds. The maximum absolute atomic E-state index is 12.0. The van der Waals surface area contributed by atoms with E-state index in [0.29, 0.717) is 5.92 Å². The molecule has 1 N–H and O–H groups in total. The predicted octanol–water partition coefficient (Wildman–Crippen LogP) is 3.32. The third-order valence-corrected chi connectivity index (χ3v) is 4.28. The quantitative estimate of drug-likeness (QED) is 0.776. The van der Waals surface area contributed by atoms with Gasteiger partial charge in [0.15, 0.2) is 0 Å². The monoisotopic (exact) mass is 275 g/mol. The average Bonchev–Trinajstić information content (AvgIpc) is 3.32. The van der Waals surface area contributed by atoms with Crippen LogP contribution in [0.5, 0.6) is 0 Å². The summed E-state index contributed by atoms with van der Waals surface area (Å²) in [6.07, 6.45) is 3.43. The Morgan fingerprint density at radius 1 is 1.35 bits per heavy atom. The molecule has 0 bridgehead atoms. The van der Waals surface area contributed by atoms with Gasteiger partial charge < -0.3 is 4.74 Å². The highest BCUT2D eigenvalue weighted by Crippen LogP contribution is 2.41. The largest absolute Gasteiger partial charge is 0.468 e. The summed E-state index contributed by atoms with van der Waals surface area (Å²) in [5.74, 6) is 0.766. The Morgan fingerprint density at radius 2 is 2.00 bits per heavy atom. The van der Waals surface area contributed by atoms with E-state index in [9.17, 15) is 4.79 Å². The molecular formula is C17H25NO2. The Labute approximate surface area is 121 Å². The lowest BCUT2D eigenvalue weighted by atomic mass is 9.95. The van der Waals surface area contributed by atoms with Gasteiger partial charge in [0, 0.05) is 6.04 Å². The molecule has 2 rings (SSSR count). The van der Waals surface area contributed by atoms with Crippen LogP contribution in [-0.4, -0.2) is 19.1 Å². The number of nitrogens with one attached hydrogen (secondary N) is 1. The highest BCUT2D eigenvalue weighted by Gasteiger charge is 2.36. The molecule has 3 heteroatoms. The molecule has 3 atom stereocenters. The summed E-state index contributed by atoms with van der Waals surface area (Å²) < 4.78 is 4.97. The SMILES string of the molecule is CCC(C)C(NC(c1ccccc1)C1CC1)C(=O)OC. The molecule has 3 nitrogen and oxygen atoms in total. The molecule has 1 fully saturated rings. The topological polar surface area (TPSA) is 38.3 Å². The van der Waals surface area contributed by atoms with Gasteiger partial charge in [0.1, 0.15) is 6.04 Å². The highest BCUT2D eigenvalue weighted by atomic mass is 16.5. The van der Waals surface area contributed by atoms with E-state index in [1.165, 1.54) is 25.5 Å². The first-order valence-electron chi connectivity index (χ1n) is 7.56. The van der Waals surface area contributed by atoms with Crippen LogP contribution in [0, 0.1) is 11.8 Å². The van der Waals surface area contributed by atoms with Crippen LogP contribution in [0.4, 0.5) is 0 Å². The molecule has 0 heterocycles. The fourth-order valence-corrected chi connectivity index (χ4v) is 2.62. The van der Waals surface area contributed by atoms with E-state index in [2.05, 4.69) is 43.4 Å². The standard InChI is InChI=1S/C17H25NO2/c1-4-12(2)15(17(19)20-3)18-16(14-10-11-14)13-8-6-5-7-9-13/h5-9,12,14-16,18H,4,10-11H2,1-3H3. The second-order valence-corrected chi connectivity index (χ2v) is 5.78. The molecular weight excluding hydrogens is 250 g/mol. The zero-order valence-electron chi connectivity index (χ0n) is 12.6. The molecule has 1 aromatic rings. The van der Waals surface area contributed by atoms with Gasteiger partial charge in [0.25, 0.3) is 0 Å². The van der Waals surface area contributed by atoms with Gasteiger partial charge in [-0.15, -0.1) is 0 Å². The normalized spacial score (nSPS) is 19.1. The zero-order valence-corrected chi connectivity index (χ0v) is 12.6. The molecule has 110 valence electrons. The smallest absolute Gasteiger partial charge is 0.323 e. The summed E-state index contributed by atoms with van der Waals surface area (Å²) in [5, 5.41) is 3.56. The van der Waals surface area contributed by atoms with Crippen LogP contribution < -0.4 is 5.32 Å². The molecule has 0 spiro atoms. The first-order valence-corrected chi connectivity index (χ1v) is 7.56.